The topological polar surface area (TPSA) is 96.5 Å². The number of rotatable bonds is 5. The Morgan fingerprint density at radius 1 is 1.12 bits per heavy atom. The Bertz CT molecular complexity index is 822. The summed E-state index contributed by atoms with van der Waals surface area (Å²) in [5.74, 6) is -0.163. The lowest BCUT2D eigenvalue weighted by atomic mass is 9.92. The number of nitrogens with one attached hydrogen (secondary N) is 3. The van der Waals surface area contributed by atoms with Crippen molar-refractivity contribution in [2.75, 3.05) is 11.9 Å². The number of para-hydroxylation sites is 1. The smallest absolute Gasteiger partial charge is 0.322 e. The Morgan fingerprint density at radius 2 is 1.88 bits per heavy atom. The molecule has 3 N–H and O–H groups in total. The van der Waals surface area contributed by atoms with E-state index in [1.54, 1.807) is 43.3 Å². The summed E-state index contributed by atoms with van der Waals surface area (Å²) in [4.78, 5) is 35.4. The molecule has 1 saturated heterocycles. The van der Waals surface area contributed by atoms with Crippen LogP contribution < -0.4 is 20.7 Å². The van der Waals surface area contributed by atoms with Gasteiger partial charge in [-0.3, -0.25) is 14.9 Å². The molecule has 7 heteroatoms. The van der Waals surface area contributed by atoms with Crippen molar-refractivity contribution >= 4 is 23.5 Å². The molecule has 0 unspecified atom stereocenters. The maximum atomic E-state index is 12.0. The van der Waals surface area contributed by atoms with Crippen molar-refractivity contribution in [1.82, 2.24) is 10.6 Å². The van der Waals surface area contributed by atoms with Crippen molar-refractivity contribution in [1.29, 1.82) is 0 Å². The second-order valence-electron chi connectivity index (χ2n) is 5.76. The lowest BCUT2D eigenvalue weighted by molar-refractivity contribution is -0.123. The van der Waals surface area contributed by atoms with Crippen LogP contribution in [0.4, 0.5) is 10.5 Å². The highest BCUT2D eigenvalue weighted by Crippen LogP contribution is 2.26. The summed E-state index contributed by atoms with van der Waals surface area (Å²) in [5, 5.41) is 7.51. The van der Waals surface area contributed by atoms with Crippen molar-refractivity contribution in [2.24, 2.45) is 0 Å². The van der Waals surface area contributed by atoms with E-state index in [0.29, 0.717) is 17.0 Å². The highest BCUT2D eigenvalue weighted by Gasteiger charge is 2.43. The highest BCUT2D eigenvalue weighted by molar-refractivity contribution is 6.07. The molecule has 4 amide bonds. The third-order valence-electron chi connectivity index (χ3n) is 3.88. The zero-order valence-electron chi connectivity index (χ0n) is 13.5. The third kappa shape index (κ3) is 3.60. The van der Waals surface area contributed by atoms with Gasteiger partial charge in [0.1, 0.15) is 11.3 Å². The molecule has 0 aromatic heterocycles. The third-order valence-corrected chi connectivity index (χ3v) is 3.88. The van der Waals surface area contributed by atoms with E-state index in [1.807, 2.05) is 18.2 Å². The van der Waals surface area contributed by atoms with Crippen LogP contribution in [-0.4, -0.2) is 24.5 Å². The Labute approximate surface area is 144 Å². The summed E-state index contributed by atoms with van der Waals surface area (Å²) in [6.07, 6.45) is 0. The first-order valence-corrected chi connectivity index (χ1v) is 7.69. The maximum absolute atomic E-state index is 12.0. The summed E-state index contributed by atoms with van der Waals surface area (Å²) in [7, 11) is 0. The number of benzene rings is 2. The van der Waals surface area contributed by atoms with Crippen LogP contribution in [-0.2, 0) is 15.1 Å². The van der Waals surface area contributed by atoms with Crippen LogP contribution in [0.2, 0.25) is 0 Å². The Hall–Kier alpha value is -3.35. The zero-order chi connectivity index (χ0) is 17.9. The fourth-order valence-corrected chi connectivity index (χ4v) is 2.52. The standard InChI is InChI=1S/C18H17N3O4/c1-18(16(23)20-17(24)21-18)12-6-5-7-13(10-12)19-15(22)11-25-14-8-3-2-4-9-14/h2-10H,11H2,1H3,(H,19,22)(H2,20,21,23,24)/t18-/m0/s1. The van der Waals surface area contributed by atoms with Gasteiger partial charge in [0.05, 0.1) is 0 Å². The van der Waals surface area contributed by atoms with Crippen molar-refractivity contribution in [3.05, 3.63) is 60.2 Å². The zero-order valence-corrected chi connectivity index (χ0v) is 13.5. The Balaban J connectivity index is 1.67. The quantitative estimate of drug-likeness (QED) is 0.723. The van der Waals surface area contributed by atoms with Crippen LogP contribution in [0, 0.1) is 0 Å². The van der Waals surface area contributed by atoms with Crippen LogP contribution in [0.5, 0.6) is 5.75 Å². The van der Waals surface area contributed by atoms with Crippen molar-refractivity contribution in [3.8, 4) is 5.75 Å². The van der Waals surface area contributed by atoms with Gasteiger partial charge >= 0.3 is 6.03 Å². The molecule has 1 fully saturated rings. The second kappa shape index (κ2) is 6.64. The van der Waals surface area contributed by atoms with Gasteiger partial charge in [-0.2, -0.15) is 0 Å². The average Bonchev–Trinajstić information content (AvgIpc) is 2.87. The molecular weight excluding hydrogens is 322 g/mol. The number of carbonyl (C=O) groups excluding carboxylic acids is 3. The second-order valence-corrected chi connectivity index (χ2v) is 5.76. The van der Waals surface area contributed by atoms with E-state index in [1.165, 1.54) is 0 Å². The molecule has 1 heterocycles. The van der Waals surface area contributed by atoms with Gasteiger partial charge in [0.15, 0.2) is 6.61 Å². The van der Waals surface area contributed by atoms with E-state index >= 15 is 0 Å². The van der Waals surface area contributed by atoms with Gasteiger partial charge in [0, 0.05) is 5.69 Å². The molecule has 1 aliphatic heterocycles. The van der Waals surface area contributed by atoms with E-state index < -0.39 is 17.5 Å². The first-order valence-electron chi connectivity index (χ1n) is 7.69. The number of hydrogen-bond donors (Lipinski definition) is 3. The number of hydrogen-bond acceptors (Lipinski definition) is 4. The number of ether oxygens (including phenoxy) is 1. The summed E-state index contributed by atoms with van der Waals surface area (Å²) in [6.45, 7) is 1.47. The number of amides is 4. The monoisotopic (exact) mass is 339 g/mol. The Kier molecular flexibility index (Phi) is 4.38. The van der Waals surface area contributed by atoms with Crippen LogP contribution in [0.25, 0.3) is 0 Å². The molecule has 3 rings (SSSR count). The molecule has 0 saturated carbocycles. The van der Waals surface area contributed by atoms with Crippen molar-refractivity contribution in [2.45, 2.75) is 12.5 Å². The molecule has 128 valence electrons. The number of imide groups is 1. The van der Waals surface area contributed by atoms with Crippen molar-refractivity contribution in [3.63, 3.8) is 0 Å². The van der Waals surface area contributed by atoms with Crippen LogP contribution in [0.15, 0.2) is 54.6 Å². The lowest BCUT2D eigenvalue weighted by Crippen LogP contribution is -2.40. The molecule has 25 heavy (non-hydrogen) atoms. The minimum atomic E-state index is -1.17. The van der Waals surface area contributed by atoms with Gasteiger partial charge in [-0.25, -0.2) is 4.79 Å². The lowest BCUT2D eigenvalue weighted by Gasteiger charge is -2.21. The predicted molar refractivity (Wildman–Crippen MR) is 91.0 cm³/mol. The molecule has 1 atom stereocenters. The maximum Gasteiger partial charge on any atom is 0.322 e. The van der Waals surface area contributed by atoms with Gasteiger partial charge in [-0.05, 0) is 36.8 Å². The molecule has 0 spiro atoms. The predicted octanol–water partition coefficient (Wildman–Crippen LogP) is 1.76. The largest absolute Gasteiger partial charge is 0.484 e. The van der Waals surface area contributed by atoms with Crippen molar-refractivity contribution < 1.29 is 19.1 Å². The fourth-order valence-electron chi connectivity index (χ4n) is 2.52. The van der Waals surface area contributed by atoms with Crippen LogP contribution in [0.3, 0.4) is 0 Å². The van der Waals surface area contributed by atoms with E-state index in [4.69, 9.17) is 4.74 Å². The first-order chi connectivity index (χ1) is 12.0. The molecule has 1 aliphatic rings. The highest BCUT2D eigenvalue weighted by atomic mass is 16.5. The van der Waals surface area contributed by atoms with Gasteiger partial charge < -0.3 is 15.4 Å². The molecule has 2 aromatic carbocycles. The normalized spacial score (nSPS) is 19.1. The van der Waals surface area contributed by atoms with Gasteiger partial charge in [-0.15, -0.1) is 0 Å². The number of urea groups is 1. The molecule has 0 bridgehead atoms. The van der Waals surface area contributed by atoms with Gasteiger partial charge in [0.25, 0.3) is 11.8 Å². The van der Waals surface area contributed by atoms with Gasteiger partial charge in [0.2, 0.25) is 0 Å². The SMILES string of the molecule is C[C@@]1(c2cccc(NC(=O)COc3ccccc3)c2)NC(=O)NC1=O. The van der Waals surface area contributed by atoms with E-state index in [9.17, 15) is 14.4 Å². The molecular formula is C18H17N3O4. The summed E-state index contributed by atoms with van der Waals surface area (Å²) in [6, 6.07) is 15.2. The molecule has 2 aromatic rings. The average molecular weight is 339 g/mol. The minimum absolute atomic E-state index is 0.136. The molecule has 7 nitrogen and oxygen atoms in total. The summed E-state index contributed by atoms with van der Waals surface area (Å²) >= 11 is 0. The molecule has 0 radical (unpaired) electrons. The number of carbonyl (C=O) groups is 3. The van der Waals surface area contributed by atoms with Crippen LogP contribution >= 0.6 is 0 Å². The summed E-state index contributed by atoms with van der Waals surface area (Å²) in [5.41, 5.74) is -0.0924. The first kappa shape index (κ1) is 16.5. The molecule has 0 aliphatic carbocycles. The fraction of sp³-hybridized carbons (Fsp3) is 0.167. The Morgan fingerprint density at radius 3 is 2.56 bits per heavy atom. The number of anilines is 1. The van der Waals surface area contributed by atoms with E-state index in [2.05, 4.69) is 16.0 Å². The van der Waals surface area contributed by atoms with E-state index in [0.717, 1.165) is 0 Å². The van der Waals surface area contributed by atoms with Crippen LogP contribution in [0.1, 0.15) is 12.5 Å². The van der Waals surface area contributed by atoms with Gasteiger partial charge in [-0.1, -0.05) is 30.3 Å². The van der Waals surface area contributed by atoms with E-state index in [-0.39, 0.29) is 12.5 Å². The minimum Gasteiger partial charge on any atom is -0.484 e. The summed E-state index contributed by atoms with van der Waals surface area (Å²) < 4.78 is 5.39.